The lowest BCUT2D eigenvalue weighted by molar-refractivity contribution is -0.132. The van der Waals surface area contributed by atoms with Gasteiger partial charge in [0, 0.05) is 23.8 Å². The van der Waals surface area contributed by atoms with Crippen molar-refractivity contribution >= 4 is 35.2 Å². The molecule has 0 bridgehead atoms. The van der Waals surface area contributed by atoms with Gasteiger partial charge >= 0.3 is 6.09 Å². The lowest BCUT2D eigenvalue weighted by Crippen LogP contribution is -2.59. The summed E-state index contributed by atoms with van der Waals surface area (Å²) in [4.78, 5) is 38.9. The van der Waals surface area contributed by atoms with Crippen LogP contribution in [0.5, 0.6) is 0 Å². The number of carbonyl (C=O) groups is 3. The van der Waals surface area contributed by atoms with Gasteiger partial charge in [-0.1, -0.05) is 47.5 Å². The molecule has 1 saturated heterocycles. The van der Waals surface area contributed by atoms with Gasteiger partial charge in [-0.25, -0.2) is 4.79 Å². The van der Waals surface area contributed by atoms with Crippen LogP contribution < -0.4 is 16.4 Å². The number of anilines is 1. The van der Waals surface area contributed by atoms with Crippen LogP contribution in [0, 0.1) is 6.92 Å². The summed E-state index contributed by atoms with van der Waals surface area (Å²) in [6.45, 7) is 2.68. The lowest BCUT2D eigenvalue weighted by Gasteiger charge is -2.41. The average molecular weight is 473 g/mol. The van der Waals surface area contributed by atoms with Gasteiger partial charge < -0.3 is 20.7 Å². The summed E-state index contributed by atoms with van der Waals surface area (Å²) in [6.07, 6.45) is 0.358. The predicted molar refractivity (Wildman–Crippen MR) is 127 cm³/mol. The van der Waals surface area contributed by atoms with Gasteiger partial charge in [0.05, 0.1) is 18.5 Å². The number of amides is 3. The topological polar surface area (TPSA) is 114 Å². The summed E-state index contributed by atoms with van der Waals surface area (Å²) in [5.41, 5.74) is 7.09. The first-order valence-electron chi connectivity index (χ1n) is 10.8. The number of ether oxygens (including phenoxy) is 1. The molecule has 3 amide bonds. The highest BCUT2D eigenvalue weighted by Crippen LogP contribution is 2.24. The smallest absolute Gasteiger partial charge is 0.411 e. The third-order valence-electron chi connectivity index (χ3n) is 5.74. The zero-order chi connectivity index (χ0) is 23.8. The quantitative estimate of drug-likeness (QED) is 0.573. The van der Waals surface area contributed by atoms with Gasteiger partial charge in [-0.2, -0.15) is 0 Å². The number of hydrogen-bond acceptors (Lipinski definition) is 5. The van der Waals surface area contributed by atoms with Crippen molar-refractivity contribution in [3.8, 4) is 0 Å². The molecule has 1 fully saturated rings. The van der Waals surface area contributed by atoms with Crippen molar-refractivity contribution in [1.29, 1.82) is 0 Å². The van der Waals surface area contributed by atoms with Crippen molar-refractivity contribution in [3.63, 3.8) is 0 Å². The van der Waals surface area contributed by atoms with Crippen LogP contribution in [-0.4, -0.2) is 54.6 Å². The summed E-state index contributed by atoms with van der Waals surface area (Å²) in [5, 5.41) is 6.24. The van der Waals surface area contributed by atoms with Gasteiger partial charge in [-0.05, 0) is 43.5 Å². The van der Waals surface area contributed by atoms with E-state index < -0.39 is 11.6 Å². The number of piperidine rings is 1. The molecule has 1 aliphatic heterocycles. The Morgan fingerprint density at radius 2 is 1.76 bits per heavy atom. The summed E-state index contributed by atoms with van der Waals surface area (Å²) in [5.74, 6) is -0.381. The fraction of sp³-hybridized carbons (Fsp3) is 0.375. The van der Waals surface area contributed by atoms with Gasteiger partial charge in [0.2, 0.25) is 11.8 Å². The van der Waals surface area contributed by atoms with E-state index in [0.29, 0.717) is 42.2 Å². The first-order valence-corrected chi connectivity index (χ1v) is 11.2. The minimum absolute atomic E-state index is 0.0242. The van der Waals surface area contributed by atoms with Gasteiger partial charge in [-0.15, -0.1) is 0 Å². The van der Waals surface area contributed by atoms with E-state index in [2.05, 4.69) is 10.6 Å². The first kappa shape index (κ1) is 24.5. The fourth-order valence-corrected chi connectivity index (χ4v) is 3.97. The molecule has 9 heteroatoms. The summed E-state index contributed by atoms with van der Waals surface area (Å²) < 4.78 is 5.50. The van der Waals surface area contributed by atoms with Crippen LogP contribution in [0.1, 0.15) is 24.0 Å². The van der Waals surface area contributed by atoms with Crippen LogP contribution in [-0.2, 0) is 20.7 Å². The van der Waals surface area contributed by atoms with E-state index in [0.717, 1.165) is 5.56 Å². The predicted octanol–water partition coefficient (Wildman–Crippen LogP) is 2.88. The molecule has 2 aromatic carbocycles. The largest absolute Gasteiger partial charge is 0.447 e. The molecule has 8 nitrogen and oxygen atoms in total. The zero-order valence-corrected chi connectivity index (χ0v) is 19.4. The van der Waals surface area contributed by atoms with E-state index in [4.69, 9.17) is 22.1 Å². The Morgan fingerprint density at radius 1 is 1.09 bits per heavy atom. The minimum Gasteiger partial charge on any atom is -0.447 e. The average Bonchev–Trinajstić information content (AvgIpc) is 2.81. The molecule has 33 heavy (non-hydrogen) atoms. The van der Waals surface area contributed by atoms with Crippen molar-refractivity contribution in [2.75, 3.05) is 31.6 Å². The van der Waals surface area contributed by atoms with E-state index >= 15 is 0 Å². The van der Waals surface area contributed by atoms with E-state index in [1.54, 1.807) is 35.2 Å². The maximum atomic E-state index is 12.9. The number of nitrogens with two attached hydrogens (primary N) is 1. The number of aryl methyl sites for hydroxylation is 1. The molecule has 0 aromatic heterocycles. The number of likely N-dealkylation sites (tertiary alicyclic amines) is 1. The monoisotopic (exact) mass is 472 g/mol. The van der Waals surface area contributed by atoms with Crippen LogP contribution in [0.2, 0.25) is 5.02 Å². The molecule has 0 spiro atoms. The summed E-state index contributed by atoms with van der Waals surface area (Å²) in [6, 6.07) is 14.5. The van der Waals surface area contributed by atoms with Crippen molar-refractivity contribution in [2.45, 2.75) is 31.7 Å². The van der Waals surface area contributed by atoms with Crippen molar-refractivity contribution in [1.82, 2.24) is 10.2 Å². The second-order valence-electron chi connectivity index (χ2n) is 8.25. The lowest BCUT2D eigenvalue weighted by atomic mass is 9.87. The number of nitrogens with one attached hydrogen (secondary N) is 2. The maximum absolute atomic E-state index is 12.9. The molecule has 0 aliphatic carbocycles. The number of hydrogen-bond donors (Lipinski definition) is 3. The molecule has 0 radical (unpaired) electrons. The van der Waals surface area contributed by atoms with Gasteiger partial charge in [-0.3, -0.25) is 14.9 Å². The Kier molecular flexibility index (Phi) is 8.30. The van der Waals surface area contributed by atoms with Gasteiger partial charge in [0.1, 0.15) is 6.61 Å². The number of nitrogens with zero attached hydrogens (tertiary/aromatic N) is 1. The minimum atomic E-state index is -0.797. The summed E-state index contributed by atoms with van der Waals surface area (Å²) >= 11 is 6.19. The van der Waals surface area contributed by atoms with Crippen LogP contribution in [0.15, 0.2) is 48.5 Å². The Labute approximate surface area is 198 Å². The molecular formula is C24H29ClN4O4. The second kappa shape index (κ2) is 11.2. The molecule has 0 unspecified atom stereocenters. The Balaban J connectivity index is 1.65. The molecule has 1 aliphatic rings. The molecular weight excluding hydrogens is 444 g/mol. The molecule has 3 rings (SSSR count). The van der Waals surface area contributed by atoms with E-state index in [1.165, 1.54) is 0 Å². The second-order valence-corrected chi connectivity index (χ2v) is 8.66. The van der Waals surface area contributed by atoms with Crippen LogP contribution >= 0.6 is 11.6 Å². The standard InChI is InChI=1S/C24H29ClN4O4/c1-17-6-8-19(9-7-17)27-23(32)33-16-24(10-12-29(13-11-24)22(31)15-26)28-21(30)14-18-4-2-3-5-20(18)25/h2-9H,10-16,26H2,1H3,(H,27,32)(H,28,30). The number of benzene rings is 2. The van der Waals surface area contributed by atoms with Crippen molar-refractivity contribution in [2.24, 2.45) is 5.73 Å². The maximum Gasteiger partial charge on any atom is 0.411 e. The third-order valence-corrected chi connectivity index (χ3v) is 6.11. The van der Waals surface area contributed by atoms with E-state index in [-0.39, 0.29) is 31.4 Å². The van der Waals surface area contributed by atoms with E-state index in [9.17, 15) is 14.4 Å². The molecule has 2 aromatic rings. The number of halogens is 1. The molecule has 1 heterocycles. The summed E-state index contributed by atoms with van der Waals surface area (Å²) in [7, 11) is 0. The van der Waals surface area contributed by atoms with Gasteiger partial charge in [0.25, 0.3) is 0 Å². The first-order chi connectivity index (χ1) is 15.8. The number of rotatable bonds is 7. The van der Waals surface area contributed by atoms with Crippen LogP contribution in [0.3, 0.4) is 0 Å². The third kappa shape index (κ3) is 6.94. The number of carbonyl (C=O) groups excluding carboxylic acids is 3. The molecule has 176 valence electrons. The molecule has 0 saturated carbocycles. The zero-order valence-electron chi connectivity index (χ0n) is 18.6. The van der Waals surface area contributed by atoms with Crippen LogP contribution in [0.4, 0.5) is 10.5 Å². The molecule has 4 N–H and O–H groups in total. The van der Waals surface area contributed by atoms with E-state index in [1.807, 2.05) is 25.1 Å². The highest BCUT2D eigenvalue weighted by molar-refractivity contribution is 6.31. The normalized spacial score (nSPS) is 14.9. The SMILES string of the molecule is Cc1ccc(NC(=O)OCC2(NC(=O)Cc3ccccc3Cl)CCN(C(=O)CN)CC2)cc1. The molecule has 0 atom stereocenters. The highest BCUT2D eigenvalue weighted by atomic mass is 35.5. The Morgan fingerprint density at radius 3 is 2.39 bits per heavy atom. The van der Waals surface area contributed by atoms with Crippen molar-refractivity contribution in [3.05, 3.63) is 64.7 Å². The Bertz CT molecular complexity index is 988. The van der Waals surface area contributed by atoms with Crippen molar-refractivity contribution < 1.29 is 19.1 Å². The van der Waals surface area contributed by atoms with Crippen LogP contribution in [0.25, 0.3) is 0 Å². The highest BCUT2D eigenvalue weighted by Gasteiger charge is 2.38. The van der Waals surface area contributed by atoms with Gasteiger partial charge in [0.15, 0.2) is 0 Å². The fourth-order valence-electron chi connectivity index (χ4n) is 3.77. The Hall–Kier alpha value is -3.10.